The van der Waals surface area contributed by atoms with Gasteiger partial charge in [0.2, 0.25) is 0 Å². The van der Waals surface area contributed by atoms with Crippen molar-refractivity contribution in [2.75, 3.05) is 0 Å². The van der Waals surface area contributed by atoms with E-state index in [0.29, 0.717) is 6.42 Å². The Balaban J connectivity index is 0.00000104. The third kappa shape index (κ3) is 4.04. The first-order valence-corrected chi connectivity index (χ1v) is 8.06. The van der Waals surface area contributed by atoms with Gasteiger partial charge in [-0.1, -0.05) is 35.3 Å². The van der Waals surface area contributed by atoms with E-state index in [4.69, 9.17) is 23.2 Å². The molecular formula is C20H14Cl2Zr2-2. The molecule has 0 atom stereocenters. The van der Waals surface area contributed by atoms with Gasteiger partial charge in [0.15, 0.2) is 0 Å². The maximum atomic E-state index is 6.66. The molecule has 0 aromatic heterocycles. The molecule has 0 heterocycles. The van der Waals surface area contributed by atoms with Crippen LogP contribution in [-0.2, 0) is 63.2 Å². The first-order chi connectivity index (χ1) is 10.6. The van der Waals surface area contributed by atoms with Crippen LogP contribution in [-0.4, -0.2) is 0 Å². The fraction of sp³-hybridized carbons (Fsp3) is 0.100. The molecular weight excluding hydrogens is 494 g/mol. The maximum Gasteiger partial charge on any atom is 0.128 e. The molecule has 0 nitrogen and oxygen atoms in total. The van der Waals surface area contributed by atoms with Gasteiger partial charge >= 0.3 is 0 Å². The van der Waals surface area contributed by atoms with Gasteiger partial charge in [0.05, 0.1) is 0 Å². The summed E-state index contributed by atoms with van der Waals surface area (Å²) in [5.74, 6) is 0. The largest absolute Gasteiger partial charge is 0.165 e. The molecule has 0 aliphatic carbocycles. The summed E-state index contributed by atoms with van der Waals surface area (Å²) in [6, 6.07) is 25.0. The van der Waals surface area contributed by atoms with Gasteiger partial charge in [0, 0.05) is 52.4 Å². The SMILES string of the molecule is ClC(Cl)(Cc1cc2ccccc2[cH-]1)c1cc2ccccc2[cH-]1.[Zr].[Zr]. The van der Waals surface area contributed by atoms with Gasteiger partial charge in [-0.2, -0.15) is 12.1 Å². The summed E-state index contributed by atoms with van der Waals surface area (Å²) in [5, 5.41) is 4.82. The van der Waals surface area contributed by atoms with Crippen molar-refractivity contribution in [1.82, 2.24) is 0 Å². The van der Waals surface area contributed by atoms with Crippen LogP contribution in [0.2, 0.25) is 0 Å². The molecule has 0 saturated heterocycles. The summed E-state index contributed by atoms with van der Waals surface area (Å²) in [7, 11) is 0. The molecule has 4 aromatic carbocycles. The van der Waals surface area contributed by atoms with Crippen LogP contribution < -0.4 is 0 Å². The van der Waals surface area contributed by atoms with Crippen LogP contribution in [0.15, 0.2) is 72.8 Å². The molecule has 0 aliphatic heterocycles. The van der Waals surface area contributed by atoms with Gasteiger partial charge in [-0.05, 0) is 6.42 Å². The number of hydrogen-bond acceptors (Lipinski definition) is 0. The van der Waals surface area contributed by atoms with Crippen LogP contribution in [0.1, 0.15) is 11.1 Å². The number of fused-ring (bicyclic) bond motifs is 2. The molecule has 0 unspecified atom stereocenters. The summed E-state index contributed by atoms with van der Waals surface area (Å²) < 4.78 is -0.913. The van der Waals surface area contributed by atoms with Crippen LogP contribution in [0.5, 0.6) is 0 Å². The Hall–Kier alpha value is 0.00623. The summed E-state index contributed by atoms with van der Waals surface area (Å²) >= 11 is 13.3. The molecule has 24 heavy (non-hydrogen) atoms. The maximum absolute atomic E-state index is 6.66. The minimum Gasteiger partial charge on any atom is -0.165 e. The minimum atomic E-state index is -0.913. The van der Waals surface area contributed by atoms with Crippen molar-refractivity contribution < 1.29 is 52.4 Å². The topological polar surface area (TPSA) is 0 Å². The smallest absolute Gasteiger partial charge is 0.128 e. The van der Waals surface area contributed by atoms with Crippen molar-refractivity contribution >= 4 is 44.7 Å². The zero-order valence-corrected chi connectivity index (χ0v) is 19.3. The molecule has 0 radical (unpaired) electrons. The Kier molecular flexibility index (Phi) is 6.89. The number of benzene rings is 2. The molecule has 4 rings (SSSR count). The van der Waals surface area contributed by atoms with E-state index in [1.54, 1.807) is 0 Å². The van der Waals surface area contributed by atoms with Crippen LogP contribution in [0.25, 0.3) is 21.5 Å². The number of alkyl halides is 2. The van der Waals surface area contributed by atoms with E-state index in [2.05, 4.69) is 48.5 Å². The van der Waals surface area contributed by atoms with Gasteiger partial charge in [0.25, 0.3) is 0 Å². The zero-order valence-electron chi connectivity index (χ0n) is 12.9. The quantitative estimate of drug-likeness (QED) is 0.226. The van der Waals surface area contributed by atoms with Gasteiger partial charge in [-0.25, -0.2) is 0 Å². The van der Waals surface area contributed by atoms with Crippen molar-refractivity contribution in [2.24, 2.45) is 0 Å². The first kappa shape index (κ1) is 20.3. The Labute approximate surface area is 190 Å². The van der Waals surface area contributed by atoms with Crippen molar-refractivity contribution in [3.05, 3.63) is 83.9 Å². The Morgan fingerprint density at radius 2 is 1.29 bits per heavy atom. The summed E-state index contributed by atoms with van der Waals surface area (Å²) in [6.07, 6.45) is 0.598. The number of hydrogen-bond donors (Lipinski definition) is 0. The van der Waals surface area contributed by atoms with E-state index in [0.717, 1.165) is 11.1 Å². The third-order valence-electron chi connectivity index (χ3n) is 4.14. The molecule has 4 aromatic rings. The van der Waals surface area contributed by atoms with E-state index < -0.39 is 4.33 Å². The molecule has 4 heteroatoms. The molecule has 0 fully saturated rings. The second-order valence-electron chi connectivity index (χ2n) is 5.75. The average molecular weight is 508 g/mol. The van der Waals surface area contributed by atoms with E-state index in [9.17, 15) is 0 Å². The summed E-state index contributed by atoms with van der Waals surface area (Å²) in [4.78, 5) is 0. The Bertz CT molecular complexity index is 884. The van der Waals surface area contributed by atoms with Crippen molar-refractivity contribution in [3.8, 4) is 0 Å². The summed E-state index contributed by atoms with van der Waals surface area (Å²) in [5.41, 5.74) is 2.12. The fourth-order valence-corrected chi connectivity index (χ4v) is 3.56. The normalized spacial score (nSPS) is 11.2. The molecule has 118 valence electrons. The van der Waals surface area contributed by atoms with Gasteiger partial charge < -0.3 is 0 Å². The molecule has 0 N–H and O–H groups in total. The molecule has 0 aliphatic rings. The van der Waals surface area contributed by atoms with E-state index in [-0.39, 0.29) is 52.4 Å². The second-order valence-corrected chi connectivity index (χ2v) is 7.23. The molecule has 0 amide bonds. The molecule has 0 saturated carbocycles. The number of rotatable bonds is 3. The third-order valence-corrected chi connectivity index (χ3v) is 4.85. The summed E-state index contributed by atoms with van der Waals surface area (Å²) in [6.45, 7) is 0. The predicted octanol–water partition coefficient (Wildman–Crippen LogP) is 6.30. The zero-order chi connectivity index (χ0) is 15.2. The molecule has 0 bridgehead atoms. The van der Waals surface area contributed by atoms with Crippen LogP contribution in [0, 0.1) is 0 Å². The average Bonchev–Trinajstić information content (AvgIpc) is 3.09. The van der Waals surface area contributed by atoms with Gasteiger partial charge in [0.1, 0.15) is 4.33 Å². The minimum absolute atomic E-state index is 0. The Morgan fingerprint density at radius 3 is 1.88 bits per heavy atom. The van der Waals surface area contributed by atoms with Gasteiger partial charge in [-0.15, -0.1) is 81.2 Å². The van der Waals surface area contributed by atoms with E-state index >= 15 is 0 Å². The number of halogens is 2. The van der Waals surface area contributed by atoms with Crippen LogP contribution >= 0.6 is 23.2 Å². The van der Waals surface area contributed by atoms with Crippen molar-refractivity contribution in [2.45, 2.75) is 10.8 Å². The van der Waals surface area contributed by atoms with E-state index in [1.807, 2.05) is 24.3 Å². The van der Waals surface area contributed by atoms with Crippen molar-refractivity contribution in [3.63, 3.8) is 0 Å². The fourth-order valence-electron chi connectivity index (χ4n) is 3.04. The Morgan fingerprint density at radius 1 is 0.750 bits per heavy atom. The van der Waals surface area contributed by atoms with Crippen LogP contribution in [0.4, 0.5) is 0 Å². The molecule has 0 spiro atoms. The first-order valence-electron chi connectivity index (χ1n) is 7.30. The van der Waals surface area contributed by atoms with Crippen molar-refractivity contribution in [1.29, 1.82) is 0 Å². The van der Waals surface area contributed by atoms with Crippen LogP contribution in [0.3, 0.4) is 0 Å². The predicted molar refractivity (Wildman–Crippen MR) is 96.2 cm³/mol. The monoisotopic (exact) mass is 504 g/mol. The second kappa shape index (κ2) is 8.14. The standard InChI is InChI=1S/C20H14Cl2.2Zr/c21-20(22,19-11-17-7-3-4-8-18(17)12-19)13-14-9-15-5-1-2-6-16(15)10-14;;/h1-12H,13H2;;/q-2;;. The van der Waals surface area contributed by atoms with E-state index in [1.165, 1.54) is 21.5 Å². The van der Waals surface area contributed by atoms with Gasteiger partial charge in [-0.3, -0.25) is 0 Å².